The van der Waals surface area contributed by atoms with Gasteiger partial charge < -0.3 is 19.9 Å². The second-order valence-corrected chi connectivity index (χ2v) is 7.64. The number of fused-ring (bicyclic) bond motifs is 1. The topological polar surface area (TPSA) is 64.4 Å². The molecule has 0 bridgehead atoms. The number of methoxy groups -OCH3 is 1. The van der Waals surface area contributed by atoms with Crippen LogP contribution in [0.25, 0.3) is 10.9 Å². The van der Waals surface area contributed by atoms with Crippen LogP contribution < -0.4 is 10.2 Å². The summed E-state index contributed by atoms with van der Waals surface area (Å²) in [5.41, 5.74) is 2.83. The number of aryl methyl sites for hydroxylation is 1. The van der Waals surface area contributed by atoms with E-state index < -0.39 is 0 Å². The molecule has 154 valence electrons. The Labute approximate surface area is 178 Å². The number of nitrogens with one attached hydrogen (secondary N) is 1. The maximum absolute atomic E-state index is 9.72. The van der Waals surface area contributed by atoms with Gasteiger partial charge in [0.15, 0.2) is 5.11 Å². The van der Waals surface area contributed by atoms with Crippen molar-refractivity contribution >= 4 is 34.1 Å². The van der Waals surface area contributed by atoms with Crippen molar-refractivity contribution in [3.8, 4) is 6.07 Å². The van der Waals surface area contributed by atoms with E-state index in [9.17, 15) is 5.26 Å². The predicted octanol–water partition coefficient (Wildman–Crippen LogP) is 3.09. The Morgan fingerprint density at radius 1 is 1.28 bits per heavy atom. The van der Waals surface area contributed by atoms with Gasteiger partial charge in [-0.25, -0.2) is 4.98 Å². The summed E-state index contributed by atoms with van der Waals surface area (Å²) in [6, 6.07) is 10.6. The maximum atomic E-state index is 9.72. The Kier molecular flexibility index (Phi) is 7.62. The van der Waals surface area contributed by atoms with E-state index in [1.807, 2.05) is 6.07 Å². The Balaban J connectivity index is 1.72. The minimum Gasteiger partial charge on any atom is -0.385 e. The molecule has 1 N–H and O–H groups in total. The predicted molar refractivity (Wildman–Crippen MR) is 121 cm³/mol. The van der Waals surface area contributed by atoms with Crippen LogP contribution in [0.2, 0.25) is 0 Å². The highest BCUT2D eigenvalue weighted by Gasteiger charge is 2.20. The number of benzene rings is 1. The van der Waals surface area contributed by atoms with E-state index in [0.717, 1.165) is 80.4 Å². The normalized spacial score (nSPS) is 14.5. The van der Waals surface area contributed by atoms with Gasteiger partial charge in [-0.15, -0.1) is 0 Å². The van der Waals surface area contributed by atoms with Crippen LogP contribution in [0.5, 0.6) is 0 Å². The molecule has 0 unspecified atom stereocenters. The van der Waals surface area contributed by atoms with E-state index in [1.54, 1.807) is 7.11 Å². The summed E-state index contributed by atoms with van der Waals surface area (Å²) in [6.07, 6.45) is 2.88. The molecule has 2 heterocycles. The standard InChI is InChI=1S/C22H29N5OS/c1-3-17-6-7-20-18(14-17)15-19(16-23)21(25-20)26-9-5-10-27(12-11-26)22(29)24-8-4-13-28-2/h6-7,14-15H,3-5,8-13H2,1-2H3,(H,24,29). The fourth-order valence-electron chi connectivity index (χ4n) is 3.62. The van der Waals surface area contributed by atoms with Gasteiger partial charge in [-0.2, -0.15) is 5.26 Å². The monoisotopic (exact) mass is 411 g/mol. The molecule has 0 saturated carbocycles. The van der Waals surface area contributed by atoms with Gasteiger partial charge >= 0.3 is 0 Å². The molecule has 1 aliphatic heterocycles. The maximum Gasteiger partial charge on any atom is 0.168 e. The fraction of sp³-hybridized carbons (Fsp3) is 0.500. The molecule has 7 heteroatoms. The molecule has 1 aromatic carbocycles. The van der Waals surface area contributed by atoms with Crippen LogP contribution in [0.1, 0.15) is 30.9 Å². The lowest BCUT2D eigenvalue weighted by atomic mass is 10.1. The van der Waals surface area contributed by atoms with Crippen LogP contribution in [0.15, 0.2) is 24.3 Å². The van der Waals surface area contributed by atoms with E-state index in [2.05, 4.69) is 46.3 Å². The van der Waals surface area contributed by atoms with Crippen LogP contribution in [-0.4, -0.2) is 61.4 Å². The smallest absolute Gasteiger partial charge is 0.168 e. The minimum atomic E-state index is 0.638. The second-order valence-electron chi connectivity index (χ2n) is 7.26. The van der Waals surface area contributed by atoms with Gasteiger partial charge in [0.1, 0.15) is 11.9 Å². The molecule has 0 radical (unpaired) electrons. The van der Waals surface area contributed by atoms with Crippen molar-refractivity contribution in [1.82, 2.24) is 15.2 Å². The average Bonchev–Trinajstić information content (AvgIpc) is 3.01. The molecule has 0 atom stereocenters. The van der Waals surface area contributed by atoms with E-state index in [0.29, 0.717) is 5.56 Å². The van der Waals surface area contributed by atoms with Crippen LogP contribution in [-0.2, 0) is 11.2 Å². The molecule has 1 saturated heterocycles. The van der Waals surface area contributed by atoms with Crippen LogP contribution >= 0.6 is 12.2 Å². The van der Waals surface area contributed by atoms with Crippen LogP contribution in [0, 0.1) is 11.3 Å². The summed E-state index contributed by atoms with van der Waals surface area (Å²) < 4.78 is 5.08. The SMILES string of the molecule is CCc1ccc2nc(N3CCCN(C(=S)NCCCOC)CC3)c(C#N)cc2c1. The molecule has 29 heavy (non-hydrogen) atoms. The largest absolute Gasteiger partial charge is 0.385 e. The van der Waals surface area contributed by atoms with Gasteiger partial charge in [0, 0.05) is 51.8 Å². The highest BCUT2D eigenvalue weighted by Crippen LogP contribution is 2.25. The zero-order chi connectivity index (χ0) is 20.6. The van der Waals surface area contributed by atoms with E-state index in [1.165, 1.54) is 5.56 Å². The van der Waals surface area contributed by atoms with Crippen molar-refractivity contribution in [2.45, 2.75) is 26.2 Å². The third-order valence-electron chi connectivity index (χ3n) is 5.27. The van der Waals surface area contributed by atoms with Crippen molar-refractivity contribution in [3.63, 3.8) is 0 Å². The first-order chi connectivity index (χ1) is 14.2. The fourth-order valence-corrected chi connectivity index (χ4v) is 3.90. The lowest BCUT2D eigenvalue weighted by molar-refractivity contribution is 0.195. The zero-order valence-electron chi connectivity index (χ0n) is 17.3. The Morgan fingerprint density at radius 3 is 2.90 bits per heavy atom. The number of hydrogen-bond donors (Lipinski definition) is 1. The molecule has 6 nitrogen and oxygen atoms in total. The Bertz CT molecular complexity index is 895. The van der Waals surface area contributed by atoms with Crippen molar-refractivity contribution < 1.29 is 4.74 Å². The molecular weight excluding hydrogens is 382 g/mol. The molecular formula is C22H29N5OS. The number of ether oxygens (including phenoxy) is 1. The van der Waals surface area contributed by atoms with E-state index >= 15 is 0 Å². The Morgan fingerprint density at radius 2 is 2.14 bits per heavy atom. The number of nitriles is 1. The number of thiocarbonyl (C=S) groups is 1. The van der Waals surface area contributed by atoms with Crippen LogP contribution in [0.4, 0.5) is 5.82 Å². The molecule has 1 aliphatic rings. The highest BCUT2D eigenvalue weighted by molar-refractivity contribution is 7.80. The second kappa shape index (κ2) is 10.4. The third-order valence-corrected chi connectivity index (χ3v) is 5.67. The number of pyridine rings is 1. The summed E-state index contributed by atoms with van der Waals surface area (Å²) in [6.45, 7) is 7.06. The lowest BCUT2D eigenvalue weighted by Crippen LogP contribution is -2.42. The molecule has 0 aliphatic carbocycles. The number of nitrogens with zero attached hydrogens (tertiary/aromatic N) is 4. The molecule has 0 spiro atoms. The first-order valence-electron chi connectivity index (χ1n) is 10.3. The van der Waals surface area contributed by atoms with Crippen molar-refractivity contribution in [2.75, 3.05) is 51.3 Å². The summed E-state index contributed by atoms with van der Waals surface area (Å²) in [4.78, 5) is 9.28. The van der Waals surface area contributed by atoms with Gasteiger partial charge in [0.05, 0.1) is 11.1 Å². The zero-order valence-corrected chi connectivity index (χ0v) is 18.1. The summed E-state index contributed by atoms with van der Waals surface area (Å²) in [5, 5.41) is 14.9. The van der Waals surface area contributed by atoms with Crippen molar-refractivity contribution in [3.05, 3.63) is 35.4 Å². The van der Waals surface area contributed by atoms with Gasteiger partial charge in [-0.1, -0.05) is 13.0 Å². The number of anilines is 1. The third kappa shape index (κ3) is 5.34. The molecule has 2 aromatic rings. The molecule has 0 amide bonds. The highest BCUT2D eigenvalue weighted by atomic mass is 32.1. The van der Waals surface area contributed by atoms with Crippen molar-refractivity contribution in [2.24, 2.45) is 0 Å². The quantitative estimate of drug-likeness (QED) is 0.579. The molecule has 1 fully saturated rings. The van der Waals surface area contributed by atoms with Gasteiger partial charge in [-0.05, 0) is 55.2 Å². The Hall–Kier alpha value is -2.43. The summed E-state index contributed by atoms with van der Waals surface area (Å²) in [5.74, 6) is 0.782. The van der Waals surface area contributed by atoms with Crippen LogP contribution in [0.3, 0.4) is 0 Å². The number of hydrogen-bond acceptors (Lipinski definition) is 5. The minimum absolute atomic E-state index is 0.638. The first-order valence-corrected chi connectivity index (χ1v) is 10.7. The molecule has 1 aromatic heterocycles. The summed E-state index contributed by atoms with van der Waals surface area (Å²) >= 11 is 5.56. The van der Waals surface area contributed by atoms with Gasteiger partial charge in [0.2, 0.25) is 0 Å². The lowest BCUT2D eigenvalue weighted by Gasteiger charge is -2.25. The number of aromatic nitrogens is 1. The summed E-state index contributed by atoms with van der Waals surface area (Å²) in [7, 11) is 1.71. The molecule has 3 rings (SSSR count). The van der Waals surface area contributed by atoms with Gasteiger partial charge in [0.25, 0.3) is 0 Å². The van der Waals surface area contributed by atoms with Crippen molar-refractivity contribution in [1.29, 1.82) is 5.26 Å². The first kappa shape index (κ1) is 21.3. The van der Waals surface area contributed by atoms with Gasteiger partial charge in [-0.3, -0.25) is 0 Å². The average molecular weight is 412 g/mol. The van der Waals surface area contributed by atoms with E-state index in [4.69, 9.17) is 21.9 Å². The van der Waals surface area contributed by atoms with E-state index in [-0.39, 0.29) is 0 Å². The number of rotatable bonds is 6.